The smallest absolute Gasteiger partial charge is 0.257 e. The molecule has 0 bridgehead atoms. The number of nitrogens with one attached hydrogen (secondary N) is 1. The highest BCUT2D eigenvalue weighted by atomic mass is 32.1. The van der Waals surface area contributed by atoms with Crippen LogP contribution in [0.15, 0.2) is 18.2 Å². The summed E-state index contributed by atoms with van der Waals surface area (Å²) in [5.74, 6) is 0.997. The van der Waals surface area contributed by atoms with Gasteiger partial charge in [-0.05, 0) is 24.6 Å². The molecule has 1 aliphatic rings. The molecule has 1 aliphatic heterocycles. The van der Waals surface area contributed by atoms with E-state index in [2.05, 4.69) is 15.5 Å². The molecule has 3 rings (SSSR count). The Hall–Kier alpha value is -2.15. The normalized spacial score (nSPS) is 12.5. The first kappa shape index (κ1) is 11.9. The maximum Gasteiger partial charge on any atom is 0.257 e. The van der Waals surface area contributed by atoms with Gasteiger partial charge in [-0.3, -0.25) is 10.1 Å². The van der Waals surface area contributed by atoms with Crippen molar-refractivity contribution >= 4 is 22.4 Å². The van der Waals surface area contributed by atoms with Gasteiger partial charge in [-0.2, -0.15) is 0 Å². The maximum absolute atomic E-state index is 12.0. The Kier molecular flexibility index (Phi) is 3.04. The van der Waals surface area contributed by atoms with E-state index in [0.717, 1.165) is 11.4 Å². The van der Waals surface area contributed by atoms with Crippen molar-refractivity contribution in [3.63, 3.8) is 0 Å². The lowest BCUT2D eigenvalue weighted by atomic mass is 10.2. The van der Waals surface area contributed by atoms with E-state index in [1.54, 1.807) is 18.2 Å². The van der Waals surface area contributed by atoms with Crippen molar-refractivity contribution in [1.82, 2.24) is 10.2 Å². The van der Waals surface area contributed by atoms with Gasteiger partial charge in [-0.25, -0.2) is 0 Å². The first-order valence-corrected chi connectivity index (χ1v) is 6.61. The van der Waals surface area contributed by atoms with Crippen LogP contribution in [0.2, 0.25) is 0 Å². The monoisotopic (exact) mass is 277 g/mol. The van der Waals surface area contributed by atoms with E-state index in [9.17, 15) is 4.79 Å². The van der Waals surface area contributed by atoms with E-state index in [0.29, 0.717) is 22.2 Å². The van der Waals surface area contributed by atoms with Gasteiger partial charge in [0.1, 0.15) is 5.01 Å². The number of ether oxygens (including phenoxy) is 2. The number of carbonyl (C=O) groups is 1. The third-order valence-electron chi connectivity index (χ3n) is 2.62. The minimum absolute atomic E-state index is 0.191. The number of hydrogen-bond acceptors (Lipinski definition) is 6. The predicted octanol–water partition coefficient (Wildman–Crippen LogP) is 2.08. The second kappa shape index (κ2) is 4.85. The number of amides is 1. The summed E-state index contributed by atoms with van der Waals surface area (Å²) in [4.78, 5) is 12.0. The molecule has 1 aromatic carbocycles. The quantitative estimate of drug-likeness (QED) is 0.929. The molecule has 0 unspecified atom stereocenters. The fourth-order valence-electron chi connectivity index (χ4n) is 1.65. The second-order valence-electron chi connectivity index (χ2n) is 3.88. The van der Waals surface area contributed by atoms with Crippen molar-refractivity contribution in [2.24, 2.45) is 0 Å². The van der Waals surface area contributed by atoms with Gasteiger partial charge < -0.3 is 9.47 Å². The molecule has 0 aliphatic carbocycles. The average Bonchev–Trinajstić information content (AvgIpc) is 3.05. The van der Waals surface area contributed by atoms with Gasteiger partial charge >= 0.3 is 0 Å². The van der Waals surface area contributed by atoms with Gasteiger partial charge in [-0.1, -0.05) is 18.3 Å². The second-order valence-corrected chi connectivity index (χ2v) is 4.94. The highest BCUT2D eigenvalue weighted by Crippen LogP contribution is 2.32. The number of aromatic nitrogens is 2. The van der Waals surface area contributed by atoms with Crippen LogP contribution in [0.1, 0.15) is 22.3 Å². The zero-order valence-electron chi connectivity index (χ0n) is 10.2. The number of rotatable bonds is 3. The Balaban J connectivity index is 1.76. The van der Waals surface area contributed by atoms with Gasteiger partial charge in [0.15, 0.2) is 11.5 Å². The Morgan fingerprint density at radius 2 is 2.21 bits per heavy atom. The number of hydrogen-bond donors (Lipinski definition) is 1. The number of fused-ring (bicyclic) bond motifs is 1. The fourth-order valence-corrected chi connectivity index (χ4v) is 2.33. The van der Waals surface area contributed by atoms with E-state index < -0.39 is 0 Å². The Morgan fingerprint density at radius 3 is 3.00 bits per heavy atom. The Morgan fingerprint density at radius 1 is 1.37 bits per heavy atom. The largest absolute Gasteiger partial charge is 0.454 e. The molecule has 7 heteroatoms. The minimum Gasteiger partial charge on any atom is -0.454 e. The van der Waals surface area contributed by atoms with Gasteiger partial charge in [0.25, 0.3) is 5.91 Å². The van der Waals surface area contributed by atoms with Crippen molar-refractivity contribution in [2.75, 3.05) is 12.1 Å². The predicted molar refractivity (Wildman–Crippen MR) is 69.8 cm³/mol. The number of aryl methyl sites for hydroxylation is 1. The molecule has 0 spiro atoms. The zero-order chi connectivity index (χ0) is 13.2. The molecule has 0 fully saturated rings. The minimum atomic E-state index is -0.239. The molecule has 1 aromatic heterocycles. The van der Waals surface area contributed by atoms with Crippen LogP contribution in [0.4, 0.5) is 5.13 Å². The third-order valence-corrected chi connectivity index (χ3v) is 3.61. The summed E-state index contributed by atoms with van der Waals surface area (Å²) in [5.41, 5.74) is 0.498. The molecule has 1 amide bonds. The topological polar surface area (TPSA) is 73.3 Å². The van der Waals surface area contributed by atoms with Gasteiger partial charge in [0.05, 0.1) is 0 Å². The summed E-state index contributed by atoms with van der Waals surface area (Å²) in [6.07, 6.45) is 0.803. The van der Waals surface area contributed by atoms with Crippen molar-refractivity contribution < 1.29 is 14.3 Å². The molecule has 6 nitrogen and oxygen atoms in total. The highest BCUT2D eigenvalue weighted by Gasteiger charge is 2.17. The van der Waals surface area contributed by atoms with E-state index in [4.69, 9.17) is 9.47 Å². The van der Waals surface area contributed by atoms with Crippen LogP contribution < -0.4 is 14.8 Å². The van der Waals surface area contributed by atoms with Gasteiger partial charge in [0, 0.05) is 5.56 Å². The Bertz CT molecular complexity index is 626. The number of benzene rings is 1. The Labute approximate surface area is 113 Å². The molecule has 2 aromatic rings. The van der Waals surface area contributed by atoms with Crippen LogP contribution in [0.5, 0.6) is 11.5 Å². The van der Waals surface area contributed by atoms with E-state index >= 15 is 0 Å². The molecule has 0 saturated heterocycles. The molecule has 98 valence electrons. The van der Waals surface area contributed by atoms with E-state index in [-0.39, 0.29) is 12.7 Å². The lowest BCUT2D eigenvalue weighted by Crippen LogP contribution is -2.11. The maximum atomic E-state index is 12.0. The highest BCUT2D eigenvalue weighted by molar-refractivity contribution is 7.15. The molecule has 19 heavy (non-hydrogen) atoms. The summed E-state index contributed by atoms with van der Waals surface area (Å²) >= 11 is 1.37. The fraction of sp³-hybridized carbons (Fsp3) is 0.250. The zero-order valence-corrected chi connectivity index (χ0v) is 11.0. The lowest BCUT2D eigenvalue weighted by Gasteiger charge is -2.02. The number of carbonyl (C=O) groups excluding carboxylic acids is 1. The van der Waals surface area contributed by atoms with Crippen LogP contribution in [0.25, 0.3) is 0 Å². The van der Waals surface area contributed by atoms with Crippen LogP contribution in [-0.2, 0) is 6.42 Å². The molecule has 0 radical (unpaired) electrons. The standard InChI is InChI=1S/C12H11N3O3S/c1-2-10-14-15-12(19-10)13-11(16)7-3-4-8-9(5-7)18-6-17-8/h3-5H,2,6H2,1H3,(H,13,15,16). The number of anilines is 1. The van der Waals surface area contributed by atoms with Crippen LogP contribution >= 0.6 is 11.3 Å². The van der Waals surface area contributed by atoms with Crippen LogP contribution in [0, 0.1) is 0 Å². The lowest BCUT2D eigenvalue weighted by molar-refractivity contribution is 0.102. The summed E-state index contributed by atoms with van der Waals surface area (Å²) < 4.78 is 10.4. The van der Waals surface area contributed by atoms with Crippen molar-refractivity contribution in [2.45, 2.75) is 13.3 Å². The van der Waals surface area contributed by atoms with Crippen molar-refractivity contribution in [3.05, 3.63) is 28.8 Å². The summed E-state index contributed by atoms with van der Waals surface area (Å²) in [5, 5.41) is 12.0. The summed E-state index contributed by atoms with van der Waals surface area (Å²) in [7, 11) is 0. The molecule has 0 atom stereocenters. The van der Waals surface area contributed by atoms with Crippen LogP contribution in [0.3, 0.4) is 0 Å². The molecule has 0 saturated carbocycles. The molecular weight excluding hydrogens is 266 g/mol. The first-order chi connectivity index (χ1) is 9.26. The molecule has 1 N–H and O–H groups in total. The van der Waals surface area contributed by atoms with Gasteiger partial charge in [0.2, 0.25) is 11.9 Å². The SMILES string of the molecule is CCc1nnc(NC(=O)c2ccc3c(c2)OCO3)s1. The van der Waals surface area contributed by atoms with Crippen molar-refractivity contribution in [3.8, 4) is 11.5 Å². The van der Waals surface area contributed by atoms with Crippen LogP contribution in [-0.4, -0.2) is 22.9 Å². The molecular formula is C12H11N3O3S. The third kappa shape index (κ3) is 2.37. The van der Waals surface area contributed by atoms with E-state index in [1.165, 1.54) is 11.3 Å². The summed E-state index contributed by atoms with van der Waals surface area (Å²) in [6, 6.07) is 5.05. The summed E-state index contributed by atoms with van der Waals surface area (Å²) in [6.45, 7) is 2.18. The van der Waals surface area contributed by atoms with Gasteiger partial charge in [-0.15, -0.1) is 10.2 Å². The van der Waals surface area contributed by atoms with E-state index in [1.807, 2.05) is 6.92 Å². The van der Waals surface area contributed by atoms with Crippen molar-refractivity contribution in [1.29, 1.82) is 0 Å². The molecule has 2 heterocycles. The average molecular weight is 277 g/mol. The first-order valence-electron chi connectivity index (χ1n) is 5.79. The number of nitrogens with zero attached hydrogens (tertiary/aromatic N) is 2.